The largest absolute Gasteiger partial charge is 0.513 e. The van der Waals surface area contributed by atoms with Crippen molar-refractivity contribution in [2.45, 2.75) is 71.9 Å². The lowest BCUT2D eigenvalue weighted by molar-refractivity contribution is -0.157. The van der Waals surface area contributed by atoms with Crippen molar-refractivity contribution >= 4 is 24.2 Å². The lowest BCUT2D eigenvalue weighted by Crippen LogP contribution is -2.36. The van der Waals surface area contributed by atoms with Gasteiger partial charge in [0, 0.05) is 6.92 Å². The summed E-state index contributed by atoms with van der Waals surface area (Å²) in [6, 6.07) is 3.31. The van der Waals surface area contributed by atoms with E-state index in [1.54, 1.807) is 13.0 Å². The van der Waals surface area contributed by atoms with Crippen molar-refractivity contribution in [2.24, 2.45) is 5.73 Å². The van der Waals surface area contributed by atoms with Crippen LogP contribution >= 0.6 is 0 Å². The van der Waals surface area contributed by atoms with E-state index in [2.05, 4.69) is 0 Å². The van der Waals surface area contributed by atoms with Crippen LogP contribution in [0.3, 0.4) is 0 Å². The summed E-state index contributed by atoms with van der Waals surface area (Å²) in [5.74, 6) is -1.35. The molecular formula is C24H35NO10. The normalized spacial score (nSPS) is 12.1. The third-order valence-electron chi connectivity index (χ3n) is 4.42. The zero-order valence-corrected chi connectivity index (χ0v) is 20.7. The molecule has 0 spiro atoms. The van der Waals surface area contributed by atoms with Crippen molar-refractivity contribution in [2.75, 3.05) is 19.8 Å². The Balaban J connectivity index is 2.87. The number of carbonyl (C=O) groups is 4. The van der Waals surface area contributed by atoms with E-state index in [9.17, 15) is 19.2 Å². The summed E-state index contributed by atoms with van der Waals surface area (Å²) in [5, 5.41) is 0. The Kier molecular flexibility index (Phi) is 13.8. The predicted octanol–water partition coefficient (Wildman–Crippen LogP) is 3.68. The molecule has 1 aromatic carbocycles. The molecule has 0 heterocycles. The molecule has 0 aliphatic carbocycles. The van der Waals surface area contributed by atoms with Crippen molar-refractivity contribution in [3.63, 3.8) is 0 Å². The van der Waals surface area contributed by atoms with Gasteiger partial charge < -0.3 is 34.2 Å². The minimum atomic E-state index is -1.05. The molecule has 0 amide bonds. The Hall–Kier alpha value is -3.34. The number of esters is 2. The van der Waals surface area contributed by atoms with E-state index in [1.807, 2.05) is 13.8 Å². The average Bonchev–Trinajstić information content (AvgIpc) is 2.79. The van der Waals surface area contributed by atoms with Gasteiger partial charge in [-0.15, -0.1) is 0 Å². The number of hydrogen-bond acceptors (Lipinski definition) is 11. The number of carbonyl (C=O) groups excluding carboxylic acids is 4. The third-order valence-corrected chi connectivity index (χ3v) is 4.42. The smallest absolute Gasteiger partial charge is 0.461 e. The molecule has 0 bridgehead atoms. The highest BCUT2D eigenvalue weighted by atomic mass is 16.7. The minimum absolute atomic E-state index is 0.0310. The molecule has 0 aliphatic rings. The molecule has 11 heteroatoms. The number of benzene rings is 1. The van der Waals surface area contributed by atoms with Crippen LogP contribution < -0.4 is 15.2 Å². The van der Waals surface area contributed by atoms with Gasteiger partial charge in [-0.25, -0.2) is 9.59 Å². The average molecular weight is 498 g/mol. The lowest BCUT2D eigenvalue weighted by atomic mass is 10.1. The number of nitrogens with two attached hydrogens (primary N) is 1. The number of hydrogen-bond donors (Lipinski definition) is 1. The number of rotatable bonds is 14. The van der Waals surface area contributed by atoms with Gasteiger partial charge in [-0.2, -0.15) is 0 Å². The summed E-state index contributed by atoms with van der Waals surface area (Å²) in [6.07, 6.45) is 0.504. The van der Waals surface area contributed by atoms with Crippen LogP contribution in [-0.2, 0) is 35.0 Å². The first-order valence-corrected chi connectivity index (χ1v) is 11.6. The SMILES string of the molecule is CCCCOC(=O)Oc1ccc(C[C@H](N)C(=O)OC[C@H](C)OC(C)=O)cc1OC(=O)OCCCC. The molecule has 0 radical (unpaired) electrons. The highest BCUT2D eigenvalue weighted by molar-refractivity contribution is 5.76. The molecular weight excluding hydrogens is 462 g/mol. The standard InChI is InChI=1S/C24H35NO10/c1-5-7-11-30-23(28)34-20-10-9-18(14-21(20)35-24(29)31-12-8-6-2)13-19(25)22(27)32-15-16(3)33-17(4)26/h9-10,14,16,19H,5-8,11-13,15,25H2,1-4H3/t16-,19-/m0/s1. The van der Waals surface area contributed by atoms with Crippen molar-refractivity contribution < 1.29 is 47.6 Å². The molecule has 0 saturated carbocycles. The van der Waals surface area contributed by atoms with E-state index < -0.39 is 36.4 Å². The second kappa shape index (κ2) is 16.3. The summed E-state index contributed by atoms with van der Waals surface area (Å²) >= 11 is 0. The third kappa shape index (κ3) is 12.6. The summed E-state index contributed by atoms with van der Waals surface area (Å²) in [6.45, 7) is 6.94. The van der Waals surface area contributed by atoms with Crippen molar-refractivity contribution in [1.82, 2.24) is 0 Å². The van der Waals surface area contributed by atoms with Crippen LogP contribution in [-0.4, -0.2) is 56.2 Å². The van der Waals surface area contributed by atoms with Crippen molar-refractivity contribution in [1.29, 1.82) is 0 Å². The molecule has 0 aliphatic heterocycles. The second-order valence-electron chi connectivity index (χ2n) is 7.75. The molecule has 0 unspecified atom stereocenters. The van der Waals surface area contributed by atoms with Crippen LogP contribution in [0.15, 0.2) is 18.2 Å². The summed E-state index contributed by atoms with van der Waals surface area (Å²) in [4.78, 5) is 47.2. The predicted molar refractivity (Wildman–Crippen MR) is 124 cm³/mol. The van der Waals surface area contributed by atoms with E-state index in [0.29, 0.717) is 18.4 Å². The van der Waals surface area contributed by atoms with Crippen LogP contribution in [0.1, 0.15) is 58.9 Å². The molecule has 0 fully saturated rings. The van der Waals surface area contributed by atoms with Crippen molar-refractivity contribution in [3.8, 4) is 11.5 Å². The Morgan fingerprint density at radius 3 is 2.00 bits per heavy atom. The van der Waals surface area contributed by atoms with Crippen LogP contribution in [0.4, 0.5) is 9.59 Å². The van der Waals surface area contributed by atoms with Crippen molar-refractivity contribution in [3.05, 3.63) is 23.8 Å². The molecule has 2 atom stereocenters. The highest BCUT2D eigenvalue weighted by Gasteiger charge is 2.21. The Morgan fingerprint density at radius 1 is 0.886 bits per heavy atom. The first-order chi connectivity index (χ1) is 16.7. The maximum absolute atomic E-state index is 12.2. The van der Waals surface area contributed by atoms with Gasteiger partial charge in [0.1, 0.15) is 18.8 Å². The maximum Gasteiger partial charge on any atom is 0.513 e. The van der Waals surface area contributed by atoms with Gasteiger partial charge in [-0.1, -0.05) is 32.8 Å². The number of unbranched alkanes of at least 4 members (excludes halogenated alkanes) is 2. The van der Waals surface area contributed by atoms with Crippen LogP contribution in [0.2, 0.25) is 0 Å². The number of ether oxygens (including phenoxy) is 6. The van der Waals surface area contributed by atoms with E-state index in [0.717, 1.165) is 12.8 Å². The zero-order chi connectivity index (χ0) is 26.2. The Bertz CT molecular complexity index is 842. The first-order valence-electron chi connectivity index (χ1n) is 11.6. The highest BCUT2D eigenvalue weighted by Crippen LogP contribution is 2.30. The Morgan fingerprint density at radius 2 is 1.46 bits per heavy atom. The fraction of sp³-hybridized carbons (Fsp3) is 0.583. The maximum atomic E-state index is 12.2. The molecule has 1 aromatic rings. The summed E-state index contributed by atoms with van der Waals surface area (Å²) < 4.78 is 30.3. The van der Waals surface area contributed by atoms with Gasteiger partial charge in [-0.3, -0.25) is 9.59 Å². The quantitative estimate of drug-likeness (QED) is 0.173. The minimum Gasteiger partial charge on any atom is -0.461 e. The second-order valence-corrected chi connectivity index (χ2v) is 7.75. The van der Waals surface area contributed by atoms with Gasteiger partial charge in [0.2, 0.25) is 0 Å². The van der Waals surface area contributed by atoms with E-state index in [1.165, 1.54) is 19.1 Å². The van der Waals surface area contributed by atoms with Gasteiger partial charge in [0.25, 0.3) is 0 Å². The van der Waals surface area contributed by atoms with E-state index in [-0.39, 0.29) is 37.7 Å². The molecule has 1 rings (SSSR count). The molecule has 11 nitrogen and oxygen atoms in total. The molecule has 0 saturated heterocycles. The lowest BCUT2D eigenvalue weighted by Gasteiger charge is -2.16. The van der Waals surface area contributed by atoms with E-state index >= 15 is 0 Å². The molecule has 196 valence electrons. The zero-order valence-electron chi connectivity index (χ0n) is 20.7. The van der Waals surface area contributed by atoms with Gasteiger partial charge in [0.15, 0.2) is 11.5 Å². The monoisotopic (exact) mass is 497 g/mol. The summed E-state index contributed by atoms with van der Waals surface area (Å²) in [7, 11) is 0. The topological polar surface area (TPSA) is 150 Å². The molecule has 35 heavy (non-hydrogen) atoms. The first kappa shape index (κ1) is 29.7. The van der Waals surface area contributed by atoms with E-state index in [4.69, 9.17) is 34.2 Å². The van der Waals surface area contributed by atoms with Gasteiger partial charge >= 0.3 is 24.2 Å². The van der Waals surface area contributed by atoms with Crippen LogP contribution in [0, 0.1) is 0 Å². The van der Waals surface area contributed by atoms with Gasteiger partial charge in [-0.05, 0) is 43.9 Å². The fourth-order valence-electron chi connectivity index (χ4n) is 2.64. The van der Waals surface area contributed by atoms with Crippen LogP contribution in [0.5, 0.6) is 11.5 Å². The fourth-order valence-corrected chi connectivity index (χ4v) is 2.64. The van der Waals surface area contributed by atoms with Crippen LogP contribution in [0.25, 0.3) is 0 Å². The molecule has 0 aromatic heterocycles. The summed E-state index contributed by atoms with van der Waals surface area (Å²) in [5.41, 5.74) is 6.44. The van der Waals surface area contributed by atoms with Gasteiger partial charge in [0.05, 0.1) is 13.2 Å². The molecule has 2 N–H and O–H groups in total. The Labute approximate surface area is 205 Å².